The topological polar surface area (TPSA) is 192 Å². The van der Waals surface area contributed by atoms with Crippen molar-refractivity contribution in [3.8, 4) is 0 Å². The van der Waals surface area contributed by atoms with E-state index >= 15 is 0 Å². The zero-order chi connectivity index (χ0) is 42.2. The third-order valence-corrected chi connectivity index (χ3v) is 9.16. The molecule has 0 heterocycles. The Kier molecular flexibility index (Phi) is 35.9. The first kappa shape index (κ1) is 53.6. The molecule has 13 heteroatoms. The van der Waals surface area contributed by atoms with Gasteiger partial charge in [0.2, 0.25) is 0 Å². The summed E-state index contributed by atoms with van der Waals surface area (Å²) >= 11 is 0. The van der Waals surface area contributed by atoms with E-state index in [9.17, 15) is 28.9 Å². The third kappa shape index (κ3) is 37.9. The number of carbonyl (C=O) groups is 3. The number of hydrogen-bond acceptors (Lipinski definition) is 10. The second kappa shape index (κ2) is 38.2. The van der Waals surface area contributed by atoms with Gasteiger partial charge in [-0.3, -0.25) is 23.4 Å². The van der Waals surface area contributed by atoms with Gasteiger partial charge in [-0.1, -0.05) is 131 Å². The molecule has 12 nitrogen and oxygen atoms in total. The highest BCUT2D eigenvalue weighted by Crippen LogP contribution is 2.43. The Labute approximate surface area is 342 Å². The minimum atomic E-state index is -4.75. The molecule has 4 atom stereocenters. The van der Waals surface area contributed by atoms with E-state index in [0.29, 0.717) is 25.7 Å². The van der Waals surface area contributed by atoms with Gasteiger partial charge >= 0.3 is 25.7 Å². The monoisotopic (exact) mass is 821 g/mol. The number of carbonyl (C=O) groups excluding carboxylic acids is 2. The first-order valence-electron chi connectivity index (χ1n) is 20.7. The molecular formula is C44H72NO11P. The number of aliphatic hydroxyl groups excluding tert-OH is 1. The second-order valence-electron chi connectivity index (χ2n) is 13.6. The largest absolute Gasteiger partial charge is 0.480 e. The van der Waals surface area contributed by atoms with Crippen LogP contribution in [-0.4, -0.2) is 71.1 Å². The predicted molar refractivity (Wildman–Crippen MR) is 227 cm³/mol. The summed E-state index contributed by atoms with van der Waals surface area (Å²) in [6.45, 7) is 2.45. The van der Waals surface area contributed by atoms with Crippen molar-refractivity contribution in [3.05, 3.63) is 85.1 Å². The van der Waals surface area contributed by atoms with Crippen LogP contribution in [0.15, 0.2) is 85.1 Å². The van der Waals surface area contributed by atoms with Crippen LogP contribution in [-0.2, 0) is 37.5 Å². The molecule has 0 aliphatic carbocycles. The van der Waals surface area contributed by atoms with Crippen molar-refractivity contribution >= 4 is 25.7 Å². The number of allylic oxidation sites excluding steroid dienone is 12. The van der Waals surface area contributed by atoms with E-state index in [0.717, 1.165) is 64.2 Å². The molecule has 0 aromatic heterocycles. The molecule has 0 aliphatic heterocycles. The fourth-order valence-electron chi connectivity index (χ4n) is 4.91. The minimum absolute atomic E-state index is 0.0653. The number of nitrogens with two attached hydrogens (primary N) is 1. The maximum absolute atomic E-state index is 12.6. The van der Waals surface area contributed by atoms with E-state index in [-0.39, 0.29) is 12.8 Å². The Morgan fingerprint density at radius 2 is 1.21 bits per heavy atom. The fraction of sp³-hybridized carbons (Fsp3) is 0.614. The van der Waals surface area contributed by atoms with Crippen LogP contribution in [0, 0.1) is 0 Å². The van der Waals surface area contributed by atoms with Crippen LogP contribution in [0.3, 0.4) is 0 Å². The van der Waals surface area contributed by atoms with Gasteiger partial charge < -0.3 is 30.3 Å². The first-order valence-corrected chi connectivity index (χ1v) is 22.2. The lowest BCUT2D eigenvalue weighted by molar-refractivity contribution is -0.161. The van der Waals surface area contributed by atoms with Gasteiger partial charge in [-0.2, -0.15) is 0 Å². The number of hydrogen-bond donors (Lipinski definition) is 4. The summed E-state index contributed by atoms with van der Waals surface area (Å²) in [5, 5.41) is 18.7. The first-order chi connectivity index (χ1) is 27.5. The molecule has 5 N–H and O–H groups in total. The SMILES string of the molecule is CC/C=C/CC(O)/C=C/C=C/CCCCCCCC(=O)OC[C@H](COP(=O)(O)OC[C@H](N)C(=O)O)OC(=O)CCC/C=C\C/C=C\C/C=C\C/C=C\CCCCC. The minimum Gasteiger partial charge on any atom is -0.480 e. The summed E-state index contributed by atoms with van der Waals surface area (Å²) in [4.78, 5) is 45.9. The van der Waals surface area contributed by atoms with Gasteiger partial charge in [0.25, 0.3) is 0 Å². The smallest absolute Gasteiger partial charge is 0.472 e. The van der Waals surface area contributed by atoms with Gasteiger partial charge in [-0.25, -0.2) is 4.57 Å². The summed E-state index contributed by atoms with van der Waals surface area (Å²) in [5.74, 6) is -2.53. The quantitative estimate of drug-likeness (QED) is 0.0153. The average Bonchev–Trinajstić information content (AvgIpc) is 3.18. The summed E-state index contributed by atoms with van der Waals surface area (Å²) in [6.07, 6.45) is 42.7. The molecule has 57 heavy (non-hydrogen) atoms. The summed E-state index contributed by atoms with van der Waals surface area (Å²) in [7, 11) is -4.75. The molecular weight excluding hydrogens is 749 g/mol. The summed E-state index contributed by atoms with van der Waals surface area (Å²) < 4.78 is 32.5. The Morgan fingerprint density at radius 1 is 0.649 bits per heavy atom. The normalized spacial score (nSPS) is 15.2. The number of ether oxygens (including phenoxy) is 2. The summed E-state index contributed by atoms with van der Waals surface area (Å²) in [5.41, 5.74) is 5.32. The molecule has 0 spiro atoms. The average molecular weight is 822 g/mol. The number of phosphoric ester groups is 1. The standard InChI is InChI=1S/C44H72NO11P/c1-3-5-7-8-9-10-11-12-13-14-15-16-17-20-24-27-31-35-43(48)56-40(37-54-57(51,52)55-38-41(45)44(49)50)36-53-42(47)34-30-26-23-21-18-19-22-25-29-33-39(46)32-28-6-4-2/h6,9-10,12-13,15-16,20,22,24-25,28-29,33,39-41,46H,3-5,7-8,11,14,17-19,21,23,26-27,30-32,34-38,45H2,1-2H3,(H,49,50)(H,51,52)/b10-9-,13-12-,16-15-,24-20-,25-22+,28-6+,33-29+/t39?,40-,41+/m1/s1. The number of carboxylic acid groups (broad SMARTS) is 1. The zero-order valence-corrected chi connectivity index (χ0v) is 35.4. The number of aliphatic hydroxyl groups is 1. The maximum Gasteiger partial charge on any atom is 0.472 e. The van der Waals surface area contributed by atoms with E-state index in [1.54, 1.807) is 6.08 Å². The molecule has 0 rings (SSSR count). The van der Waals surface area contributed by atoms with Crippen LogP contribution in [0.2, 0.25) is 0 Å². The van der Waals surface area contributed by atoms with Gasteiger partial charge in [0.15, 0.2) is 6.10 Å². The molecule has 0 amide bonds. The van der Waals surface area contributed by atoms with E-state index in [2.05, 4.69) is 60.9 Å². The van der Waals surface area contributed by atoms with Crippen molar-refractivity contribution in [1.82, 2.24) is 0 Å². The summed E-state index contributed by atoms with van der Waals surface area (Å²) in [6, 6.07) is -1.55. The lowest BCUT2D eigenvalue weighted by Crippen LogP contribution is -2.34. The molecule has 0 saturated carbocycles. The number of unbranched alkanes of at least 4 members (excludes halogenated alkanes) is 9. The zero-order valence-electron chi connectivity index (χ0n) is 34.5. The van der Waals surface area contributed by atoms with Gasteiger partial charge in [0.1, 0.15) is 12.6 Å². The second-order valence-corrected chi connectivity index (χ2v) is 15.0. The van der Waals surface area contributed by atoms with Crippen molar-refractivity contribution < 1.29 is 52.6 Å². The third-order valence-electron chi connectivity index (χ3n) is 8.21. The van der Waals surface area contributed by atoms with Crippen LogP contribution in [0.25, 0.3) is 0 Å². The molecule has 0 fully saturated rings. The predicted octanol–water partition coefficient (Wildman–Crippen LogP) is 9.69. The molecule has 324 valence electrons. The van der Waals surface area contributed by atoms with Gasteiger partial charge in [-0.15, -0.1) is 0 Å². The van der Waals surface area contributed by atoms with Crippen LogP contribution in [0.5, 0.6) is 0 Å². The van der Waals surface area contributed by atoms with E-state index in [4.69, 9.17) is 24.8 Å². The van der Waals surface area contributed by atoms with E-state index in [1.807, 2.05) is 36.5 Å². The van der Waals surface area contributed by atoms with Crippen molar-refractivity contribution in [3.63, 3.8) is 0 Å². The number of rotatable bonds is 37. The molecule has 0 aromatic rings. The van der Waals surface area contributed by atoms with E-state index < -0.39 is 63.8 Å². The van der Waals surface area contributed by atoms with Gasteiger partial charge in [0, 0.05) is 12.8 Å². The van der Waals surface area contributed by atoms with Crippen molar-refractivity contribution in [2.24, 2.45) is 5.73 Å². The van der Waals surface area contributed by atoms with E-state index in [1.165, 1.54) is 19.3 Å². The molecule has 0 saturated heterocycles. The molecule has 0 radical (unpaired) electrons. The fourth-order valence-corrected chi connectivity index (χ4v) is 5.69. The number of aliphatic carboxylic acids is 1. The highest BCUT2D eigenvalue weighted by atomic mass is 31.2. The Balaban J connectivity index is 4.58. The van der Waals surface area contributed by atoms with Gasteiger partial charge in [0.05, 0.1) is 19.3 Å². The van der Waals surface area contributed by atoms with Gasteiger partial charge in [-0.05, 0) is 77.0 Å². The number of esters is 2. The highest BCUT2D eigenvalue weighted by Gasteiger charge is 2.28. The highest BCUT2D eigenvalue weighted by molar-refractivity contribution is 7.47. The Bertz CT molecular complexity index is 1300. The van der Waals surface area contributed by atoms with Crippen LogP contribution >= 0.6 is 7.82 Å². The molecule has 2 unspecified atom stereocenters. The lowest BCUT2D eigenvalue weighted by Gasteiger charge is -2.20. The van der Waals surface area contributed by atoms with Crippen molar-refractivity contribution in [2.45, 2.75) is 154 Å². The molecule has 0 aliphatic rings. The molecule has 0 aromatic carbocycles. The van der Waals surface area contributed by atoms with Crippen molar-refractivity contribution in [1.29, 1.82) is 0 Å². The van der Waals surface area contributed by atoms with Crippen molar-refractivity contribution in [2.75, 3.05) is 19.8 Å². The number of carboxylic acids is 1. The number of phosphoric acid groups is 1. The molecule has 0 bridgehead atoms. The van der Waals surface area contributed by atoms with Crippen LogP contribution < -0.4 is 5.73 Å². The van der Waals surface area contributed by atoms with Crippen LogP contribution in [0.4, 0.5) is 0 Å². The van der Waals surface area contributed by atoms with Crippen LogP contribution in [0.1, 0.15) is 136 Å². The lowest BCUT2D eigenvalue weighted by atomic mass is 10.1. The Morgan fingerprint density at radius 3 is 1.86 bits per heavy atom. The maximum atomic E-state index is 12.6. The Hall–Kier alpha value is -3.38.